The monoisotopic (exact) mass is 467 g/mol. The fourth-order valence-electron chi connectivity index (χ4n) is 5.07. The Hall–Kier alpha value is -4.06. The number of carbonyl (C=O) groups excluding carboxylic acids is 2. The minimum atomic E-state index is -1.14. The number of para-hydroxylation sites is 3. The van der Waals surface area contributed by atoms with Gasteiger partial charge in [0.25, 0.3) is 5.91 Å². The third kappa shape index (κ3) is 3.75. The third-order valence-electron chi connectivity index (χ3n) is 6.93. The lowest BCUT2D eigenvalue weighted by atomic mass is 9.92. The van der Waals surface area contributed by atoms with E-state index in [9.17, 15) is 9.59 Å². The third-order valence-corrected chi connectivity index (χ3v) is 6.93. The first-order valence-corrected chi connectivity index (χ1v) is 11.9. The first kappa shape index (κ1) is 22.7. The van der Waals surface area contributed by atoms with Crippen molar-refractivity contribution in [3.8, 4) is 5.75 Å². The molecular formula is C29H29N3O3. The Morgan fingerprint density at radius 2 is 1.69 bits per heavy atom. The van der Waals surface area contributed by atoms with Gasteiger partial charge in [0.05, 0.1) is 13.7 Å². The van der Waals surface area contributed by atoms with E-state index in [1.807, 2.05) is 90.4 Å². The number of hydrogen-bond acceptors (Lipinski definition) is 3. The Labute approximate surface area is 205 Å². The van der Waals surface area contributed by atoms with Gasteiger partial charge >= 0.3 is 0 Å². The van der Waals surface area contributed by atoms with E-state index in [-0.39, 0.29) is 11.8 Å². The number of carbonyl (C=O) groups is 2. The number of amides is 2. The maximum absolute atomic E-state index is 14.1. The molecule has 0 radical (unpaired) electrons. The SMILES string of the molecule is CCc1ccccc1N1C(=O)c2cc3ccccc3n2C[C@@]1(C)C(=O)NCc1ccccc1OC. The summed E-state index contributed by atoms with van der Waals surface area (Å²) < 4.78 is 7.43. The van der Waals surface area contributed by atoms with Crippen molar-refractivity contribution in [3.63, 3.8) is 0 Å². The zero-order chi connectivity index (χ0) is 24.6. The van der Waals surface area contributed by atoms with Crippen LogP contribution in [0.4, 0.5) is 5.69 Å². The number of methoxy groups -OCH3 is 1. The van der Waals surface area contributed by atoms with Crippen molar-refractivity contribution in [1.82, 2.24) is 9.88 Å². The molecule has 35 heavy (non-hydrogen) atoms. The summed E-state index contributed by atoms with van der Waals surface area (Å²) >= 11 is 0. The van der Waals surface area contributed by atoms with Gasteiger partial charge in [-0.1, -0.05) is 61.5 Å². The van der Waals surface area contributed by atoms with E-state index in [2.05, 4.69) is 12.2 Å². The molecule has 1 aliphatic rings. The lowest BCUT2D eigenvalue weighted by molar-refractivity contribution is -0.126. The predicted octanol–water partition coefficient (Wildman–Crippen LogP) is 4.95. The van der Waals surface area contributed by atoms with Gasteiger partial charge in [-0.15, -0.1) is 0 Å². The van der Waals surface area contributed by atoms with Crippen LogP contribution in [0.1, 0.15) is 35.5 Å². The van der Waals surface area contributed by atoms with Gasteiger partial charge in [0.15, 0.2) is 0 Å². The molecular weight excluding hydrogens is 438 g/mol. The van der Waals surface area contributed by atoms with Crippen molar-refractivity contribution < 1.29 is 14.3 Å². The summed E-state index contributed by atoms with van der Waals surface area (Å²) in [5, 5.41) is 4.07. The number of anilines is 1. The second-order valence-electron chi connectivity index (χ2n) is 9.07. The molecule has 0 fully saturated rings. The smallest absolute Gasteiger partial charge is 0.275 e. The van der Waals surface area contributed by atoms with Crippen LogP contribution in [0.2, 0.25) is 0 Å². The maximum atomic E-state index is 14.1. The Kier molecular flexibility index (Phi) is 5.81. The zero-order valence-electron chi connectivity index (χ0n) is 20.2. The lowest BCUT2D eigenvalue weighted by Crippen LogP contribution is -2.64. The zero-order valence-corrected chi connectivity index (χ0v) is 20.2. The first-order chi connectivity index (χ1) is 17.0. The molecule has 0 bridgehead atoms. The van der Waals surface area contributed by atoms with Crippen LogP contribution in [0.5, 0.6) is 5.75 Å². The first-order valence-electron chi connectivity index (χ1n) is 11.9. The van der Waals surface area contributed by atoms with Crippen LogP contribution in [-0.2, 0) is 24.3 Å². The van der Waals surface area contributed by atoms with Gasteiger partial charge in [-0.3, -0.25) is 14.5 Å². The molecule has 5 rings (SSSR count). The number of nitrogens with one attached hydrogen (secondary N) is 1. The average Bonchev–Trinajstić information content (AvgIpc) is 3.26. The van der Waals surface area contributed by atoms with Crippen molar-refractivity contribution >= 4 is 28.4 Å². The molecule has 2 heterocycles. The normalized spacial score (nSPS) is 17.3. The summed E-state index contributed by atoms with van der Waals surface area (Å²) in [7, 11) is 1.61. The molecule has 1 atom stereocenters. The van der Waals surface area contributed by atoms with Gasteiger partial charge in [-0.05, 0) is 43.2 Å². The summed E-state index contributed by atoms with van der Waals surface area (Å²) in [6.45, 7) is 4.56. The minimum absolute atomic E-state index is 0.178. The van der Waals surface area contributed by atoms with E-state index in [0.29, 0.717) is 24.5 Å². The van der Waals surface area contributed by atoms with Crippen molar-refractivity contribution in [2.24, 2.45) is 0 Å². The average molecular weight is 468 g/mol. The molecule has 1 N–H and O–H groups in total. The van der Waals surface area contributed by atoms with Gasteiger partial charge in [-0.25, -0.2) is 0 Å². The number of aryl methyl sites for hydroxylation is 1. The standard InChI is InChI=1S/C29H29N3O3/c1-4-20-11-5-9-15-24(20)32-27(33)25-17-21-12-6-8-14-23(21)31(25)19-29(32,2)28(34)30-18-22-13-7-10-16-26(22)35-3/h5-17H,4,18-19H2,1-3H3,(H,30,34)/t29-/m0/s1. The summed E-state index contributed by atoms with van der Waals surface area (Å²) in [6, 6.07) is 25.3. The van der Waals surface area contributed by atoms with Crippen LogP contribution in [0, 0.1) is 0 Å². The van der Waals surface area contributed by atoms with E-state index in [0.717, 1.165) is 34.1 Å². The molecule has 0 aliphatic carbocycles. The van der Waals surface area contributed by atoms with Crippen LogP contribution in [-0.4, -0.2) is 29.0 Å². The molecule has 4 aromatic rings. The van der Waals surface area contributed by atoms with Gasteiger partial charge < -0.3 is 14.6 Å². The topological polar surface area (TPSA) is 63.6 Å². The van der Waals surface area contributed by atoms with E-state index < -0.39 is 5.54 Å². The molecule has 1 aromatic heterocycles. The summed E-state index contributed by atoms with van der Waals surface area (Å²) in [5.41, 5.74) is 3.07. The van der Waals surface area contributed by atoms with E-state index in [4.69, 9.17) is 4.74 Å². The molecule has 0 unspecified atom stereocenters. The van der Waals surface area contributed by atoms with Gasteiger partial charge in [0.2, 0.25) is 5.91 Å². The highest BCUT2D eigenvalue weighted by Crippen LogP contribution is 2.37. The number of aromatic nitrogens is 1. The molecule has 6 nitrogen and oxygen atoms in total. The highest BCUT2D eigenvalue weighted by Gasteiger charge is 2.49. The fraction of sp³-hybridized carbons (Fsp3) is 0.241. The minimum Gasteiger partial charge on any atom is -0.496 e. The lowest BCUT2D eigenvalue weighted by Gasteiger charge is -2.44. The van der Waals surface area contributed by atoms with E-state index in [1.165, 1.54) is 0 Å². The Morgan fingerprint density at radius 1 is 1.00 bits per heavy atom. The molecule has 0 saturated heterocycles. The number of hydrogen-bond donors (Lipinski definition) is 1. The van der Waals surface area contributed by atoms with Crippen LogP contribution in [0.15, 0.2) is 78.9 Å². The van der Waals surface area contributed by atoms with Gasteiger partial charge in [0, 0.05) is 28.7 Å². The quantitative estimate of drug-likeness (QED) is 0.437. The summed E-state index contributed by atoms with van der Waals surface area (Å²) in [6.07, 6.45) is 0.752. The molecule has 0 spiro atoms. The number of nitrogens with zero attached hydrogens (tertiary/aromatic N) is 2. The van der Waals surface area contributed by atoms with Crippen molar-refractivity contribution in [2.45, 2.75) is 38.9 Å². The molecule has 2 amide bonds. The molecule has 1 aliphatic heterocycles. The molecule has 6 heteroatoms. The van der Waals surface area contributed by atoms with Crippen LogP contribution in [0.3, 0.4) is 0 Å². The number of ether oxygens (including phenoxy) is 1. The van der Waals surface area contributed by atoms with Crippen molar-refractivity contribution in [1.29, 1.82) is 0 Å². The number of fused-ring (bicyclic) bond motifs is 3. The molecule has 178 valence electrons. The maximum Gasteiger partial charge on any atom is 0.275 e. The van der Waals surface area contributed by atoms with E-state index >= 15 is 0 Å². The van der Waals surface area contributed by atoms with Crippen LogP contribution < -0.4 is 15.0 Å². The number of benzene rings is 3. The van der Waals surface area contributed by atoms with E-state index in [1.54, 1.807) is 12.0 Å². The van der Waals surface area contributed by atoms with Crippen LogP contribution >= 0.6 is 0 Å². The fourth-order valence-corrected chi connectivity index (χ4v) is 5.07. The Morgan fingerprint density at radius 3 is 2.46 bits per heavy atom. The van der Waals surface area contributed by atoms with Gasteiger partial charge in [0.1, 0.15) is 17.0 Å². The molecule has 3 aromatic carbocycles. The number of rotatable bonds is 6. The van der Waals surface area contributed by atoms with Crippen molar-refractivity contribution in [3.05, 3.63) is 95.7 Å². The Bertz CT molecular complexity index is 1420. The summed E-state index contributed by atoms with van der Waals surface area (Å²) in [5.74, 6) is 0.318. The Balaban J connectivity index is 1.60. The molecule has 0 saturated carbocycles. The van der Waals surface area contributed by atoms with Gasteiger partial charge in [-0.2, -0.15) is 0 Å². The van der Waals surface area contributed by atoms with Crippen molar-refractivity contribution in [2.75, 3.05) is 12.0 Å². The summed E-state index contributed by atoms with van der Waals surface area (Å²) in [4.78, 5) is 29.7. The second-order valence-corrected chi connectivity index (χ2v) is 9.07. The highest BCUT2D eigenvalue weighted by atomic mass is 16.5. The largest absolute Gasteiger partial charge is 0.496 e. The predicted molar refractivity (Wildman–Crippen MR) is 138 cm³/mol. The second kappa shape index (κ2) is 8.95. The highest BCUT2D eigenvalue weighted by molar-refractivity contribution is 6.14. The van der Waals surface area contributed by atoms with Crippen LogP contribution in [0.25, 0.3) is 10.9 Å².